The van der Waals surface area contributed by atoms with Gasteiger partial charge in [-0.05, 0) is 17.5 Å². The Hall–Kier alpha value is -1.78. The molecule has 0 saturated heterocycles. The highest BCUT2D eigenvalue weighted by Crippen LogP contribution is 2.09. The second kappa shape index (κ2) is 7.86. The van der Waals surface area contributed by atoms with E-state index in [1.165, 1.54) is 0 Å². The Kier molecular flexibility index (Phi) is 5.84. The molecular weight excluding hydrogens is 288 g/mol. The molecule has 2 rings (SSSR count). The molecule has 0 spiro atoms. The van der Waals surface area contributed by atoms with Crippen LogP contribution in [0.3, 0.4) is 0 Å². The smallest absolute Gasteiger partial charge is 0.267 e. The highest BCUT2D eigenvalue weighted by molar-refractivity contribution is 6.30. The van der Waals surface area contributed by atoms with Gasteiger partial charge in [-0.2, -0.15) is 0 Å². The molecule has 0 bridgehead atoms. The number of aromatic nitrogens is 1. The van der Waals surface area contributed by atoms with Crippen LogP contribution in [0.1, 0.15) is 23.0 Å². The number of benzene rings is 1. The van der Waals surface area contributed by atoms with Gasteiger partial charge in [0.05, 0.1) is 18.2 Å². The summed E-state index contributed by atoms with van der Waals surface area (Å²) in [5.41, 5.74) is 1.62. The number of aromatic amines is 1. The van der Waals surface area contributed by atoms with Crippen molar-refractivity contribution < 1.29 is 9.53 Å². The van der Waals surface area contributed by atoms with E-state index in [9.17, 15) is 4.79 Å². The van der Waals surface area contributed by atoms with Crippen LogP contribution in [-0.2, 0) is 11.3 Å². The maximum atomic E-state index is 11.8. The summed E-state index contributed by atoms with van der Waals surface area (Å²) >= 11 is 5.76. The molecule has 0 fully saturated rings. The van der Waals surface area contributed by atoms with Crippen LogP contribution in [0.5, 0.6) is 0 Å². The Balaban J connectivity index is 1.65. The minimum atomic E-state index is -0.156. The van der Waals surface area contributed by atoms with E-state index in [1.54, 1.807) is 12.3 Å². The van der Waals surface area contributed by atoms with E-state index in [4.69, 9.17) is 16.3 Å². The molecule has 0 radical (unpaired) electrons. The lowest BCUT2D eigenvalue weighted by Crippen LogP contribution is -2.30. The summed E-state index contributed by atoms with van der Waals surface area (Å²) in [7, 11) is 0. The molecular formula is C16H19ClN2O2. The zero-order valence-corrected chi connectivity index (χ0v) is 12.7. The maximum Gasteiger partial charge on any atom is 0.267 e. The van der Waals surface area contributed by atoms with E-state index in [-0.39, 0.29) is 11.8 Å². The quantitative estimate of drug-likeness (QED) is 0.825. The molecule has 4 nitrogen and oxygen atoms in total. The zero-order chi connectivity index (χ0) is 15.1. The van der Waals surface area contributed by atoms with Crippen LogP contribution in [0.4, 0.5) is 0 Å². The number of halogens is 1. The third-order valence-electron chi connectivity index (χ3n) is 3.02. The molecule has 1 atom stereocenters. The van der Waals surface area contributed by atoms with Crippen molar-refractivity contribution in [1.29, 1.82) is 0 Å². The fraction of sp³-hybridized carbons (Fsp3) is 0.312. The number of rotatable bonds is 7. The van der Waals surface area contributed by atoms with Gasteiger partial charge < -0.3 is 15.0 Å². The number of hydrogen-bond acceptors (Lipinski definition) is 2. The predicted molar refractivity (Wildman–Crippen MR) is 83.4 cm³/mol. The van der Waals surface area contributed by atoms with Crippen molar-refractivity contribution >= 4 is 17.5 Å². The fourth-order valence-electron chi connectivity index (χ4n) is 1.87. The third-order valence-corrected chi connectivity index (χ3v) is 3.24. The largest absolute Gasteiger partial charge is 0.376 e. The summed E-state index contributed by atoms with van der Waals surface area (Å²) in [6, 6.07) is 11.6. The van der Waals surface area contributed by atoms with Gasteiger partial charge in [0, 0.05) is 12.7 Å². The normalized spacial score (nSPS) is 12.1. The van der Waals surface area contributed by atoms with Crippen molar-refractivity contribution in [2.24, 2.45) is 5.92 Å². The number of nitrogens with one attached hydrogen (secondary N) is 2. The Morgan fingerprint density at radius 1 is 1.38 bits per heavy atom. The molecule has 1 aromatic carbocycles. The molecule has 0 aliphatic carbocycles. The van der Waals surface area contributed by atoms with Crippen LogP contribution in [0.2, 0.25) is 5.02 Å². The molecule has 1 aromatic heterocycles. The van der Waals surface area contributed by atoms with Gasteiger partial charge in [-0.25, -0.2) is 0 Å². The van der Waals surface area contributed by atoms with Crippen LogP contribution in [-0.4, -0.2) is 24.0 Å². The maximum absolute atomic E-state index is 11.8. The number of carbonyl (C=O) groups is 1. The lowest BCUT2D eigenvalue weighted by atomic mass is 10.2. The highest BCUT2D eigenvalue weighted by Gasteiger charge is 2.09. The molecule has 21 heavy (non-hydrogen) atoms. The average Bonchev–Trinajstić information content (AvgIpc) is 2.92. The van der Waals surface area contributed by atoms with Crippen LogP contribution >= 0.6 is 11.6 Å². The Morgan fingerprint density at radius 2 is 2.14 bits per heavy atom. The van der Waals surface area contributed by atoms with Crippen molar-refractivity contribution in [1.82, 2.24) is 10.3 Å². The van der Waals surface area contributed by atoms with Crippen LogP contribution in [0.15, 0.2) is 42.6 Å². The first-order valence-corrected chi connectivity index (χ1v) is 7.26. The van der Waals surface area contributed by atoms with Gasteiger partial charge in [0.25, 0.3) is 5.91 Å². The van der Waals surface area contributed by atoms with Crippen LogP contribution < -0.4 is 5.32 Å². The number of hydrogen-bond donors (Lipinski definition) is 2. The minimum Gasteiger partial charge on any atom is -0.376 e. The summed E-state index contributed by atoms with van der Waals surface area (Å²) < 4.78 is 5.64. The van der Waals surface area contributed by atoms with E-state index in [0.29, 0.717) is 30.5 Å². The van der Waals surface area contributed by atoms with Crippen molar-refractivity contribution in [3.05, 3.63) is 58.9 Å². The molecule has 0 aliphatic rings. The first kappa shape index (κ1) is 15.6. The third kappa shape index (κ3) is 5.25. The molecule has 2 N–H and O–H groups in total. The summed E-state index contributed by atoms with van der Waals surface area (Å²) in [4.78, 5) is 14.6. The van der Waals surface area contributed by atoms with Crippen molar-refractivity contribution in [2.45, 2.75) is 13.5 Å². The fourth-order valence-corrected chi connectivity index (χ4v) is 2.04. The topological polar surface area (TPSA) is 54.1 Å². The second-order valence-electron chi connectivity index (χ2n) is 5.05. The molecule has 5 heteroatoms. The van der Waals surface area contributed by atoms with E-state index in [1.807, 2.05) is 37.3 Å². The summed E-state index contributed by atoms with van der Waals surface area (Å²) in [6.07, 6.45) is 1.59. The van der Waals surface area contributed by atoms with Gasteiger partial charge in [0.15, 0.2) is 0 Å². The Bertz CT molecular complexity index is 569. The van der Waals surface area contributed by atoms with Gasteiger partial charge in [-0.1, -0.05) is 48.9 Å². The van der Waals surface area contributed by atoms with Gasteiger partial charge in [0.2, 0.25) is 0 Å². The first-order chi connectivity index (χ1) is 10.1. The standard InChI is InChI=1S/C16H19ClN2O2/c1-12(10-21-11-13-5-3-2-4-6-13)8-19-16(20)15-7-14(17)9-18-15/h2-7,9,12,18H,8,10-11H2,1H3,(H,19,20). The number of ether oxygens (including phenoxy) is 1. The molecule has 0 aliphatic heterocycles. The van der Waals surface area contributed by atoms with E-state index < -0.39 is 0 Å². The summed E-state index contributed by atoms with van der Waals surface area (Å²) in [5, 5.41) is 3.38. The minimum absolute atomic E-state index is 0.156. The lowest BCUT2D eigenvalue weighted by molar-refractivity contribution is 0.0841. The first-order valence-electron chi connectivity index (χ1n) is 6.89. The SMILES string of the molecule is CC(CNC(=O)c1cc(Cl)c[nH]1)COCc1ccccc1. The Morgan fingerprint density at radius 3 is 2.81 bits per heavy atom. The van der Waals surface area contributed by atoms with Gasteiger partial charge in [-0.3, -0.25) is 4.79 Å². The predicted octanol–water partition coefficient (Wildman–Crippen LogP) is 3.25. The van der Waals surface area contributed by atoms with Gasteiger partial charge in [-0.15, -0.1) is 0 Å². The molecule has 112 valence electrons. The van der Waals surface area contributed by atoms with Crippen LogP contribution in [0.25, 0.3) is 0 Å². The highest BCUT2D eigenvalue weighted by atomic mass is 35.5. The molecule has 1 unspecified atom stereocenters. The average molecular weight is 307 g/mol. The number of amides is 1. The summed E-state index contributed by atoms with van der Waals surface area (Å²) in [5.74, 6) is 0.0832. The van der Waals surface area contributed by atoms with Crippen molar-refractivity contribution in [3.63, 3.8) is 0 Å². The lowest BCUT2D eigenvalue weighted by Gasteiger charge is -2.13. The van der Waals surface area contributed by atoms with Crippen molar-refractivity contribution in [2.75, 3.05) is 13.2 Å². The molecule has 1 heterocycles. The number of H-pyrrole nitrogens is 1. The second-order valence-corrected chi connectivity index (χ2v) is 5.48. The van der Waals surface area contributed by atoms with Gasteiger partial charge >= 0.3 is 0 Å². The molecule has 2 aromatic rings. The van der Waals surface area contributed by atoms with E-state index in [0.717, 1.165) is 5.56 Å². The molecule has 1 amide bonds. The van der Waals surface area contributed by atoms with Crippen LogP contribution in [0, 0.1) is 5.92 Å². The molecule has 0 saturated carbocycles. The Labute approximate surface area is 129 Å². The zero-order valence-electron chi connectivity index (χ0n) is 11.9. The summed E-state index contributed by atoms with van der Waals surface area (Å²) in [6.45, 7) is 3.78. The monoisotopic (exact) mass is 306 g/mol. The van der Waals surface area contributed by atoms with E-state index in [2.05, 4.69) is 10.3 Å². The van der Waals surface area contributed by atoms with Crippen molar-refractivity contribution in [3.8, 4) is 0 Å². The number of carbonyl (C=O) groups excluding carboxylic acids is 1. The van der Waals surface area contributed by atoms with Gasteiger partial charge in [0.1, 0.15) is 5.69 Å². The van der Waals surface area contributed by atoms with E-state index >= 15 is 0 Å².